The lowest BCUT2D eigenvalue weighted by molar-refractivity contribution is 0.0459. The van der Waals surface area contributed by atoms with Crippen LogP contribution in [0.15, 0.2) is 18.2 Å². The van der Waals surface area contributed by atoms with Crippen molar-refractivity contribution in [1.82, 2.24) is 5.32 Å². The number of anilines is 1. The molecule has 0 radical (unpaired) electrons. The number of halogens is 1. The number of hydrogen-bond donors (Lipinski definition) is 1. The fraction of sp³-hybridized carbons (Fsp3) is 0.625. The summed E-state index contributed by atoms with van der Waals surface area (Å²) in [6, 6.07) is 6.68. The third-order valence-electron chi connectivity index (χ3n) is 4.09. The summed E-state index contributed by atoms with van der Waals surface area (Å²) in [5, 5.41) is 4.07. The third kappa shape index (κ3) is 3.66. The van der Waals surface area contributed by atoms with Gasteiger partial charge < -0.3 is 15.0 Å². The molecule has 1 unspecified atom stereocenters. The van der Waals surface area contributed by atoms with Crippen molar-refractivity contribution in [2.45, 2.75) is 38.8 Å². The maximum Gasteiger partial charge on any atom is 0.0608 e. The first-order valence-corrected chi connectivity index (χ1v) is 7.86. The van der Waals surface area contributed by atoms with Crippen molar-refractivity contribution >= 4 is 17.3 Å². The quantitative estimate of drug-likeness (QED) is 0.898. The van der Waals surface area contributed by atoms with E-state index in [0.717, 1.165) is 43.1 Å². The van der Waals surface area contributed by atoms with Crippen molar-refractivity contribution in [3.8, 4) is 0 Å². The van der Waals surface area contributed by atoms with Crippen LogP contribution in [0.3, 0.4) is 0 Å². The van der Waals surface area contributed by atoms with Crippen LogP contribution in [-0.4, -0.2) is 32.8 Å². The zero-order valence-electron chi connectivity index (χ0n) is 12.7. The molecule has 4 heteroatoms. The predicted molar refractivity (Wildman–Crippen MR) is 85.8 cm³/mol. The molecular weight excluding hydrogens is 272 g/mol. The molecule has 0 bridgehead atoms. The van der Waals surface area contributed by atoms with Gasteiger partial charge in [-0.15, -0.1) is 0 Å². The molecule has 0 aliphatic carbocycles. The molecule has 0 aromatic heterocycles. The van der Waals surface area contributed by atoms with Crippen LogP contribution in [0.5, 0.6) is 0 Å². The number of hydrogen-bond acceptors (Lipinski definition) is 3. The molecule has 20 heavy (non-hydrogen) atoms. The minimum absolute atomic E-state index is 0.278. The Bertz CT molecular complexity index is 430. The number of piperidine rings is 1. The van der Waals surface area contributed by atoms with E-state index in [4.69, 9.17) is 16.3 Å². The Kier molecular flexibility index (Phi) is 5.70. The second-order valence-electron chi connectivity index (χ2n) is 5.36. The summed E-state index contributed by atoms with van der Waals surface area (Å²) in [6.45, 7) is 7.08. The summed E-state index contributed by atoms with van der Waals surface area (Å²) in [5.74, 6) is 0. The largest absolute Gasteiger partial charge is 0.378 e. The lowest BCUT2D eigenvalue weighted by Gasteiger charge is -2.33. The summed E-state index contributed by atoms with van der Waals surface area (Å²) in [5.41, 5.74) is 2.37. The standard InChI is InChI=1S/C16H25ClN2O/c1-4-20-14-7-9-19(10-8-14)13-5-6-15(12(2)18-3)16(17)11-13/h5-6,11-12,14,18H,4,7-10H2,1-3H3. The molecule has 1 N–H and O–H groups in total. The predicted octanol–water partition coefficient (Wildman–Crippen LogP) is 3.63. The van der Waals surface area contributed by atoms with Gasteiger partial charge in [-0.1, -0.05) is 17.7 Å². The fourth-order valence-electron chi connectivity index (χ4n) is 2.74. The van der Waals surface area contributed by atoms with Crippen molar-refractivity contribution in [3.05, 3.63) is 28.8 Å². The molecule has 2 rings (SSSR count). The molecule has 0 spiro atoms. The van der Waals surface area contributed by atoms with Crippen LogP contribution in [0.4, 0.5) is 5.69 Å². The van der Waals surface area contributed by atoms with Gasteiger partial charge in [0.15, 0.2) is 0 Å². The number of ether oxygens (including phenoxy) is 1. The van der Waals surface area contributed by atoms with Crippen molar-refractivity contribution in [2.24, 2.45) is 0 Å². The topological polar surface area (TPSA) is 24.5 Å². The maximum absolute atomic E-state index is 6.41. The van der Waals surface area contributed by atoms with Crippen LogP contribution < -0.4 is 10.2 Å². The number of benzene rings is 1. The van der Waals surface area contributed by atoms with Crippen LogP contribution in [0.25, 0.3) is 0 Å². The monoisotopic (exact) mass is 296 g/mol. The highest BCUT2D eigenvalue weighted by Gasteiger charge is 2.20. The van der Waals surface area contributed by atoms with E-state index in [1.54, 1.807) is 0 Å². The van der Waals surface area contributed by atoms with Gasteiger partial charge in [0.2, 0.25) is 0 Å². The molecule has 1 aromatic rings. The van der Waals surface area contributed by atoms with Gasteiger partial charge in [0.1, 0.15) is 0 Å². The Labute approximate surface area is 127 Å². The van der Waals surface area contributed by atoms with E-state index in [1.807, 2.05) is 7.05 Å². The smallest absolute Gasteiger partial charge is 0.0608 e. The Morgan fingerprint density at radius 3 is 2.65 bits per heavy atom. The number of nitrogens with one attached hydrogen (secondary N) is 1. The van der Waals surface area contributed by atoms with Gasteiger partial charge in [-0.05, 0) is 51.4 Å². The highest BCUT2D eigenvalue weighted by atomic mass is 35.5. The molecule has 1 aliphatic rings. The molecule has 1 atom stereocenters. The first-order valence-electron chi connectivity index (χ1n) is 7.49. The average molecular weight is 297 g/mol. The van der Waals surface area contributed by atoms with E-state index in [1.165, 1.54) is 5.69 Å². The van der Waals surface area contributed by atoms with Gasteiger partial charge in [0.25, 0.3) is 0 Å². The molecule has 0 amide bonds. The zero-order chi connectivity index (χ0) is 14.5. The highest BCUT2D eigenvalue weighted by molar-refractivity contribution is 6.31. The van der Waals surface area contributed by atoms with Gasteiger partial charge in [0, 0.05) is 36.4 Å². The first kappa shape index (κ1) is 15.6. The van der Waals surface area contributed by atoms with Crippen molar-refractivity contribution in [1.29, 1.82) is 0 Å². The summed E-state index contributed by atoms with van der Waals surface area (Å²) in [4.78, 5) is 2.40. The Morgan fingerprint density at radius 1 is 1.40 bits per heavy atom. The van der Waals surface area contributed by atoms with Gasteiger partial charge >= 0.3 is 0 Å². The third-order valence-corrected chi connectivity index (χ3v) is 4.42. The molecule has 1 aliphatic heterocycles. The van der Waals surface area contributed by atoms with Gasteiger partial charge in [-0.2, -0.15) is 0 Å². The lowest BCUT2D eigenvalue weighted by Crippen LogP contribution is -2.37. The molecule has 1 fully saturated rings. The normalized spacial score (nSPS) is 18.3. The fourth-order valence-corrected chi connectivity index (χ4v) is 3.07. The summed E-state index contributed by atoms with van der Waals surface area (Å²) >= 11 is 6.41. The Morgan fingerprint density at radius 2 is 2.10 bits per heavy atom. The maximum atomic E-state index is 6.41. The van der Waals surface area contributed by atoms with E-state index in [2.05, 4.69) is 42.3 Å². The lowest BCUT2D eigenvalue weighted by atomic mass is 10.0. The van der Waals surface area contributed by atoms with Gasteiger partial charge in [0.05, 0.1) is 6.10 Å². The van der Waals surface area contributed by atoms with E-state index in [-0.39, 0.29) is 6.04 Å². The molecular formula is C16H25ClN2O. The van der Waals surface area contributed by atoms with E-state index >= 15 is 0 Å². The summed E-state index contributed by atoms with van der Waals surface area (Å²) in [6.07, 6.45) is 2.62. The SMILES string of the molecule is CCOC1CCN(c2ccc(C(C)NC)c(Cl)c2)CC1. The second kappa shape index (κ2) is 7.30. The summed E-state index contributed by atoms with van der Waals surface area (Å²) in [7, 11) is 1.95. The van der Waals surface area contributed by atoms with Crippen LogP contribution in [0.2, 0.25) is 5.02 Å². The first-order chi connectivity index (χ1) is 9.65. The van der Waals surface area contributed by atoms with Gasteiger partial charge in [-0.3, -0.25) is 0 Å². The Balaban J connectivity index is 2.02. The van der Waals surface area contributed by atoms with Crippen LogP contribution in [0, 0.1) is 0 Å². The van der Waals surface area contributed by atoms with Crippen LogP contribution >= 0.6 is 11.6 Å². The average Bonchev–Trinajstić information content (AvgIpc) is 2.47. The number of nitrogens with zero attached hydrogens (tertiary/aromatic N) is 1. The van der Waals surface area contributed by atoms with Crippen molar-refractivity contribution in [3.63, 3.8) is 0 Å². The zero-order valence-corrected chi connectivity index (χ0v) is 13.4. The minimum atomic E-state index is 0.278. The molecule has 1 saturated heterocycles. The summed E-state index contributed by atoms with van der Waals surface area (Å²) < 4.78 is 5.69. The van der Waals surface area contributed by atoms with E-state index in [9.17, 15) is 0 Å². The van der Waals surface area contributed by atoms with Crippen molar-refractivity contribution in [2.75, 3.05) is 31.6 Å². The van der Waals surface area contributed by atoms with Crippen molar-refractivity contribution < 1.29 is 4.74 Å². The number of rotatable bonds is 5. The van der Waals surface area contributed by atoms with Crippen LogP contribution in [0.1, 0.15) is 38.3 Å². The molecule has 3 nitrogen and oxygen atoms in total. The molecule has 112 valence electrons. The Hall–Kier alpha value is -0.770. The minimum Gasteiger partial charge on any atom is -0.378 e. The molecule has 1 heterocycles. The van der Waals surface area contributed by atoms with Gasteiger partial charge in [-0.25, -0.2) is 0 Å². The van der Waals surface area contributed by atoms with E-state index in [0.29, 0.717) is 6.10 Å². The molecule has 0 saturated carbocycles. The van der Waals surface area contributed by atoms with Crippen LogP contribution in [-0.2, 0) is 4.74 Å². The second-order valence-corrected chi connectivity index (χ2v) is 5.77. The highest BCUT2D eigenvalue weighted by Crippen LogP contribution is 2.29. The molecule has 1 aromatic carbocycles. The van der Waals surface area contributed by atoms with E-state index < -0.39 is 0 Å².